The van der Waals surface area contributed by atoms with Crippen LogP contribution in [0.15, 0.2) is 18.2 Å². The molecule has 2 rings (SSSR count). The first-order valence-electron chi connectivity index (χ1n) is 7.40. The number of nitrogens with one attached hydrogen (secondary N) is 1. The molecule has 0 spiro atoms. The van der Waals surface area contributed by atoms with Gasteiger partial charge in [-0.2, -0.15) is 0 Å². The molecule has 1 aromatic carbocycles. The van der Waals surface area contributed by atoms with E-state index in [9.17, 15) is 9.59 Å². The highest BCUT2D eigenvalue weighted by atomic mass is 16.2. The van der Waals surface area contributed by atoms with Crippen LogP contribution in [-0.2, 0) is 4.79 Å². The third kappa shape index (κ3) is 3.74. The molecule has 1 heterocycles. The van der Waals surface area contributed by atoms with Crippen molar-refractivity contribution in [3.05, 3.63) is 29.3 Å². The maximum atomic E-state index is 12.8. The number of benzene rings is 1. The standard InChI is InChI=1S/C16H23N3O2/c1-11-6-7-15(17)14(9-11)16(21)19-8-4-3-5-13(19)10-18-12(2)20/h6-7,9,13H,3-5,8,10,17H2,1-2H3,(H,18,20). The van der Waals surface area contributed by atoms with Gasteiger partial charge in [0.25, 0.3) is 5.91 Å². The monoisotopic (exact) mass is 289 g/mol. The van der Waals surface area contributed by atoms with Gasteiger partial charge in [0.15, 0.2) is 0 Å². The molecule has 0 radical (unpaired) electrons. The highest BCUT2D eigenvalue weighted by Crippen LogP contribution is 2.22. The molecule has 0 saturated carbocycles. The van der Waals surface area contributed by atoms with E-state index in [0.29, 0.717) is 17.8 Å². The maximum absolute atomic E-state index is 12.8. The molecule has 1 unspecified atom stereocenters. The molecule has 0 aliphatic carbocycles. The van der Waals surface area contributed by atoms with Crippen LogP contribution in [0.2, 0.25) is 0 Å². The van der Waals surface area contributed by atoms with Crippen molar-refractivity contribution in [2.24, 2.45) is 0 Å². The van der Waals surface area contributed by atoms with E-state index in [-0.39, 0.29) is 17.9 Å². The number of piperidine rings is 1. The molecule has 5 heteroatoms. The van der Waals surface area contributed by atoms with Gasteiger partial charge in [-0.3, -0.25) is 9.59 Å². The van der Waals surface area contributed by atoms with Gasteiger partial charge in [-0.1, -0.05) is 11.6 Å². The smallest absolute Gasteiger partial charge is 0.256 e. The summed E-state index contributed by atoms with van der Waals surface area (Å²) in [5.74, 6) is -0.103. The van der Waals surface area contributed by atoms with Gasteiger partial charge in [-0.15, -0.1) is 0 Å². The van der Waals surface area contributed by atoms with Crippen LogP contribution in [0.3, 0.4) is 0 Å². The van der Waals surface area contributed by atoms with Gasteiger partial charge in [-0.05, 0) is 38.3 Å². The first-order valence-corrected chi connectivity index (χ1v) is 7.40. The Morgan fingerprint density at radius 2 is 2.14 bits per heavy atom. The normalized spacial score (nSPS) is 18.4. The molecule has 0 aromatic heterocycles. The van der Waals surface area contributed by atoms with Crippen LogP contribution in [0, 0.1) is 6.92 Å². The summed E-state index contributed by atoms with van der Waals surface area (Å²) in [6.45, 7) is 4.66. The lowest BCUT2D eigenvalue weighted by molar-refractivity contribution is -0.119. The van der Waals surface area contributed by atoms with Crippen molar-refractivity contribution in [1.29, 1.82) is 0 Å². The van der Waals surface area contributed by atoms with Crippen LogP contribution >= 0.6 is 0 Å². The number of anilines is 1. The summed E-state index contributed by atoms with van der Waals surface area (Å²) in [7, 11) is 0. The van der Waals surface area contributed by atoms with E-state index in [2.05, 4.69) is 5.32 Å². The van der Waals surface area contributed by atoms with E-state index < -0.39 is 0 Å². The number of carbonyl (C=O) groups excluding carboxylic acids is 2. The molecular formula is C16H23N3O2. The van der Waals surface area contributed by atoms with E-state index in [4.69, 9.17) is 5.73 Å². The molecule has 1 aromatic rings. The van der Waals surface area contributed by atoms with Gasteiger partial charge < -0.3 is 16.0 Å². The second-order valence-electron chi connectivity index (χ2n) is 5.68. The SMILES string of the molecule is CC(=O)NCC1CCCCN1C(=O)c1cc(C)ccc1N. The fraction of sp³-hybridized carbons (Fsp3) is 0.500. The Morgan fingerprint density at radius 1 is 1.38 bits per heavy atom. The van der Waals surface area contributed by atoms with Gasteiger partial charge >= 0.3 is 0 Å². The summed E-state index contributed by atoms with van der Waals surface area (Å²) >= 11 is 0. The van der Waals surface area contributed by atoms with Crippen LogP contribution in [-0.4, -0.2) is 35.8 Å². The summed E-state index contributed by atoms with van der Waals surface area (Å²) in [4.78, 5) is 25.7. The first-order chi connectivity index (χ1) is 9.99. The topological polar surface area (TPSA) is 75.4 Å². The molecular weight excluding hydrogens is 266 g/mol. The zero-order valence-electron chi connectivity index (χ0n) is 12.7. The Bertz CT molecular complexity index is 542. The van der Waals surface area contributed by atoms with Crippen molar-refractivity contribution in [3.8, 4) is 0 Å². The van der Waals surface area contributed by atoms with Gasteiger partial charge in [0.1, 0.15) is 0 Å². The lowest BCUT2D eigenvalue weighted by Crippen LogP contribution is -2.49. The van der Waals surface area contributed by atoms with Crippen molar-refractivity contribution in [2.75, 3.05) is 18.8 Å². The third-order valence-corrected chi connectivity index (χ3v) is 3.91. The number of hydrogen-bond acceptors (Lipinski definition) is 3. The number of nitrogen functional groups attached to an aromatic ring is 1. The number of carbonyl (C=O) groups is 2. The van der Waals surface area contributed by atoms with Gasteiger partial charge in [-0.25, -0.2) is 0 Å². The van der Waals surface area contributed by atoms with Crippen LogP contribution in [0.5, 0.6) is 0 Å². The first kappa shape index (κ1) is 15.4. The maximum Gasteiger partial charge on any atom is 0.256 e. The van der Waals surface area contributed by atoms with Crippen LogP contribution in [0.25, 0.3) is 0 Å². The molecule has 1 aliphatic heterocycles. The molecule has 5 nitrogen and oxygen atoms in total. The summed E-state index contributed by atoms with van der Waals surface area (Å²) in [6, 6.07) is 5.56. The molecule has 114 valence electrons. The third-order valence-electron chi connectivity index (χ3n) is 3.91. The predicted molar refractivity (Wildman–Crippen MR) is 83.0 cm³/mol. The number of rotatable bonds is 3. The van der Waals surface area contributed by atoms with Crippen molar-refractivity contribution in [3.63, 3.8) is 0 Å². The zero-order chi connectivity index (χ0) is 15.4. The Labute approximate surface area is 125 Å². The van der Waals surface area contributed by atoms with Crippen LogP contribution in [0.1, 0.15) is 42.1 Å². The molecule has 2 amide bonds. The molecule has 1 fully saturated rings. The second kappa shape index (κ2) is 6.61. The average Bonchev–Trinajstić information content (AvgIpc) is 2.47. The predicted octanol–water partition coefficient (Wildman–Crippen LogP) is 1.71. The lowest BCUT2D eigenvalue weighted by Gasteiger charge is -2.36. The van der Waals surface area contributed by atoms with Crippen molar-refractivity contribution in [1.82, 2.24) is 10.2 Å². The number of hydrogen-bond donors (Lipinski definition) is 2. The quantitative estimate of drug-likeness (QED) is 0.832. The van der Waals surface area contributed by atoms with E-state index in [1.807, 2.05) is 24.0 Å². The fourth-order valence-corrected chi connectivity index (χ4v) is 2.75. The van der Waals surface area contributed by atoms with Crippen molar-refractivity contribution in [2.45, 2.75) is 39.2 Å². The molecule has 1 saturated heterocycles. The Kier molecular flexibility index (Phi) is 4.83. The molecule has 1 aliphatic rings. The molecule has 3 N–H and O–H groups in total. The van der Waals surface area contributed by atoms with Gasteiger partial charge in [0.05, 0.1) is 5.56 Å². The zero-order valence-corrected chi connectivity index (χ0v) is 12.7. The van der Waals surface area contributed by atoms with E-state index in [0.717, 1.165) is 31.4 Å². The highest BCUT2D eigenvalue weighted by Gasteiger charge is 2.28. The number of nitrogens with two attached hydrogens (primary N) is 1. The van der Waals surface area contributed by atoms with Crippen molar-refractivity contribution < 1.29 is 9.59 Å². The van der Waals surface area contributed by atoms with Crippen molar-refractivity contribution >= 4 is 17.5 Å². The molecule has 1 atom stereocenters. The summed E-state index contributed by atoms with van der Waals surface area (Å²) in [5, 5.41) is 2.81. The summed E-state index contributed by atoms with van der Waals surface area (Å²) in [6.07, 6.45) is 2.99. The lowest BCUT2D eigenvalue weighted by atomic mass is 9.99. The minimum atomic E-state index is -0.0666. The number of likely N-dealkylation sites (tertiary alicyclic amines) is 1. The van der Waals surface area contributed by atoms with Gasteiger partial charge in [0, 0.05) is 31.7 Å². The molecule has 21 heavy (non-hydrogen) atoms. The summed E-state index contributed by atoms with van der Waals surface area (Å²) in [5.41, 5.74) is 8.03. The second-order valence-corrected chi connectivity index (χ2v) is 5.68. The van der Waals surface area contributed by atoms with E-state index in [1.54, 1.807) is 6.07 Å². The number of nitrogens with zero attached hydrogens (tertiary/aromatic N) is 1. The summed E-state index contributed by atoms with van der Waals surface area (Å²) < 4.78 is 0. The van der Waals surface area contributed by atoms with E-state index >= 15 is 0 Å². The van der Waals surface area contributed by atoms with Crippen LogP contribution < -0.4 is 11.1 Å². The number of amides is 2. The van der Waals surface area contributed by atoms with Gasteiger partial charge in [0.2, 0.25) is 5.91 Å². The Balaban J connectivity index is 2.18. The van der Waals surface area contributed by atoms with E-state index in [1.165, 1.54) is 6.92 Å². The molecule has 0 bridgehead atoms. The fourth-order valence-electron chi connectivity index (χ4n) is 2.75. The Hall–Kier alpha value is -2.04. The minimum absolute atomic E-state index is 0.0359. The number of aryl methyl sites for hydroxylation is 1. The minimum Gasteiger partial charge on any atom is -0.398 e. The average molecular weight is 289 g/mol. The van der Waals surface area contributed by atoms with Crippen LogP contribution in [0.4, 0.5) is 5.69 Å². The Morgan fingerprint density at radius 3 is 2.86 bits per heavy atom. The highest BCUT2D eigenvalue weighted by molar-refractivity contribution is 5.99. The largest absolute Gasteiger partial charge is 0.398 e.